The molecule has 0 aromatic heterocycles. The van der Waals surface area contributed by atoms with Crippen LogP contribution in [0.2, 0.25) is 0 Å². The zero-order chi connectivity index (χ0) is 12.1. The molecule has 1 aromatic rings. The van der Waals surface area contributed by atoms with Crippen LogP contribution in [0.25, 0.3) is 0 Å². The summed E-state index contributed by atoms with van der Waals surface area (Å²) in [4.78, 5) is 16.2. The molecule has 0 bridgehead atoms. The van der Waals surface area contributed by atoms with Crippen molar-refractivity contribution < 1.29 is 9.90 Å². The molecule has 0 unspecified atom stereocenters. The van der Waals surface area contributed by atoms with E-state index < -0.39 is 5.97 Å². The van der Waals surface area contributed by atoms with Crippen molar-refractivity contribution in [3.63, 3.8) is 0 Å². The maximum absolute atomic E-state index is 10.4. The molecule has 0 saturated carbocycles. The van der Waals surface area contributed by atoms with Crippen LogP contribution in [-0.2, 0) is 4.79 Å². The Morgan fingerprint density at radius 2 is 2.29 bits per heavy atom. The molecular formula is C12H13NO2S2. The lowest BCUT2D eigenvalue weighted by atomic mass is 10.3. The van der Waals surface area contributed by atoms with Gasteiger partial charge in [0.1, 0.15) is 0 Å². The first-order chi connectivity index (χ1) is 8.25. The van der Waals surface area contributed by atoms with Gasteiger partial charge >= 0.3 is 5.97 Å². The molecule has 1 heterocycles. The minimum Gasteiger partial charge on any atom is -0.481 e. The van der Waals surface area contributed by atoms with Gasteiger partial charge in [-0.2, -0.15) is 0 Å². The number of rotatable bonds is 4. The number of aliphatic imine (C=N–C) groups is 1. The molecule has 0 radical (unpaired) electrons. The Kier molecular flexibility index (Phi) is 4.50. The van der Waals surface area contributed by atoms with Gasteiger partial charge < -0.3 is 5.11 Å². The number of aliphatic carboxylic acids is 1. The third-order valence-corrected chi connectivity index (χ3v) is 4.58. The lowest BCUT2D eigenvalue weighted by Crippen LogP contribution is -2.03. The van der Waals surface area contributed by atoms with Crippen molar-refractivity contribution in [3.8, 4) is 0 Å². The first-order valence-corrected chi connectivity index (χ1v) is 7.37. The Balaban J connectivity index is 1.87. The van der Waals surface area contributed by atoms with Gasteiger partial charge in [0, 0.05) is 17.1 Å². The summed E-state index contributed by atoms with van der Waals surface area (Å²) in [6.07, 6.45) is 0.940. The van der Waals surface area contributed by atoms with Crippen LogP contribution in [0.3, 0.4) is 0 Å². The summed E-state index contributed by atoms with van der Waals surface area (Å²) >= 11 is 3.46. The van der Waals surface area contributed by atoms with Crippen LogP contribution >= 0.6 is 23.5 Å². The van der Waals surface area contributed by atoms with E-state index in [-0.39, 0.29) is 6.42 Å². The van der Waals surface area contributed by atoms with Gasteiger partial charge in [-0.3, -0.25) is 4.79 Å². The summed E-state index contributed by atoms with van der Waals surface area (Å²) < 4.78 is 0. The topological polar surface area (TPSA) is 49.7 Å². The second-order valence-electron chi connectivity index (χ2n) is 3.61. The molecule has 17 heavy (non-hydrogen) atoms. The number of fused-ring (bicyclic) bond motifs is 1. The predicted molar refractivity (Wildman–Crippen MR) is 73.6 cm³/mol. The first kappa shape index (κ1) is 12.5. The molecule has 1 aliphatic rings. The van der Waals surface area contributed by atoms with Gasteiger partial charge in [-0.25, -0.2) is 4.99 Å². The monoisotopic (exact) mass is 267 g/mol. The Labute approximate surface area is 109 Å². The van der Waals surface area contributed by atoms with E-state index in [9.17, 15) is 4.79 Å². The van der Waals surface area contributed by atoms with E-state index in [1.807, 2.05) is 18.2 Å². The zero-order valence-corrected chi connectivity index (χ0v) is 10.9. The number of carboxylic acid groups (broad SMARTS) is 1. The number of hydrogen-bond acceptors (Lipinski definition) is 4. The molecule has 3 nitrogen and oxygen atoms in total. The van der Waals surface area contributed by atoms with Gasteiger partial charge in [-0.05, 0) is 24.3 Å². The molecule has 1 aromatic carbocycles. The molecule has 0 amide bonds. The molecule has 1 aliphatic heterocycles. The second-order valence-corrected chi connectivity index (χ2v) is 5.79. The van der Waals surface area contributed by atoms with Crippen LogP contribution in [0.5, 0.6) is 0 Å². The van der Waals surface area contributed by atoms with Crippen LogP contribution in [0.1, 0.15) is 12.8 Å². The van der Waals surface area contributed by atoms with Gasteiger partial charge in [0.05, 0.1) is 10.7 Å². The molecule has 0 fully saturated rings. The first-order valence-electron chi connectivity index (χ1n) is 5.40. The summed E-state index contributed by atoms with van der Waals surface area (Å²) in [6, 6.07) is 8.10. The minimum absolute atomic E-state index is 0.240. The van der Waals surface area contributed by atoms with Crippen molar-refractivity contribution in [2.75, 3.05) is 11.5 Å². The Morgan fingerprint density at radius 1 is 1.47 bits per heavy atom. The third-order valence-electron chi connectivity index (χ3n) is 2.27. The maximum Gasteiger partial charge on any atom is 0.303 e. The quantitative estimate of drug-likeness (QED) is 0.849. The van der Waals surface area contributed by atoms with E-state index in [4.69, 9.17) is 5.11 Å². The van der Waals surface area contributed by atoms with Crippen molar-refractivity contribution in [2.24, 2.45) is 4.99 Å². The van der Waals surface area contributed by atoms with Gasteiger partial charge in [-0.1, -0.05) is 12.1 Å². The summed E-state index contributed by atoms with van der Waals surface area (Å²) in [5.41, 5.74) is 1.03. The number of thioether (sulfide) groups is 2. The van der Waals surface area contributed by atoms with Crippen molar-refractivity contribution in [2.45, 2.75) is 17.7 Å². The van der Waals surface area contributed by atoms with Gasteiger partial charge in [0.2, 0.25) is 0 Å². The molecule has 0 spiro atoms. The van der Waals surface area contributed by atoms with E-state index in [0.717, 1.165) is 22.2 Å². The SMILES string of the molecule is O=C(O)CCCSC1=Nc2ccccc2SC1. The minimum atomic E-state index is -0.726. The summed E-state index contributed by atoms with van der Waals surface area (Å²) in [5.74, 6) is 0.999. The van der Waals surface area contributed by atoms with E-state index in [1.54, 1.807) is 23.5 Å². The molecular weight excluding hydrogens is 254 g/mol. The lowest BCUT2D eigenvalue weighted by Gasteiger charge is -2.13. The largest absolute Gasteiger partial charge is 0.481 e. The summed E-state index contributed by atoms with van der Waals surface area (Å²) in [7, 11) is 0. The van der Waals surface area contributed by atoms with Crippen LogP contribution in [0, 0.1) is 0 Å². The van der Waals surface area contributed by atoms with Crippen molar-refractivity contribution >= 4 is 40.2 Å². The molecule has 1 N–H and O–H groups in total. The number of nitrogens with zero attached hydrogens (tertiary/aromatic N) is 1. The van der Waals surface area contributed by atoms with Gasteiger partial charge in [-0.15, -0.1) is 23.5 Å². The maximum atomic E-state index is 10.4. The van der Waals surface area contributed by atoms with Crippen molar-refractivity contribution in [1.29, 1.82) is 0 Å². The molecule has 0 atom stereocenters. The zero-order valence-electron chi connectivity index (χ0n) is 9.26. The average molecular weight is 267 g/mol. The third kappa shape index (κ3) is 3.78. The van der Waals surface area contributed by atoms with Crippen molar-refractivity contribution in [3.05, 3.63) is 24.3 Å². The average Bonchev–Trinajstić information content (AvgIpc) is 2.34. The second kappa shape index (κ2) is 6.12. The normalized spacial score (nSPS) is 14.0. The highest BCUT2D eigenvalue weighted by Crippen LogP contribution is 2.35. The number of carbonyl (C=O) groups is 1. The van der Waals surface area contributed by atoms with Crippen LogP contribution in [-0.4, -0.2) is 27.6 Å². The number of hydrogen-bond donors (Lipinski definition) is 1. The van der Waals surface area contributed by atoms with Crippen LogP contribution in [0.4, 0.5) is 5.69 Å². The lowest BCUT2D eigenvalue weighted by molar-refractivity contribution is -0.137. The van der Waals surface area contributed by atoms with Crippen LogP contribution in [0.15, 0.2) is 34.2 Å². The Bertz CT molecular complexity index is 446. The van der Waals surface area contributed by atoms with Crippen molar-refractivity contribution in [1.82, 2.24) is 0 Å². The molecule has 0 saturated heterocycles. The van der Waals surface area contributed by atoms with E-state index in [0.29, 0.717) is 6.42 Å². The fraction of sp³-hybridized carbons (Fsp3) is 0.333. The summed E-state index contributed by atoms with van der Waals surface area (Å²) in [6.45, 7) is 0. The highest BCUT2D eigenvalue weighted by atomic mass is 32.2. The Morgan fingerprint density at radius 3 is 3.12 bits per heavy atom. The summed E-state index contributed by atoms with van der Waals surface area (Å²) in [5, 5.41) is 9.63. The molecule has 5 heteroatoms. The molecule has 0 aliphatic carbocycles. The highest BCUT2D eigenvalue weighted by Gasteiger charge is 2.12. The fourth-order valence-electron chi connectivity index (χ4n) is 1.47. The number of benzene rings is 1. The van der Waals surface area contributed by atoms with E-state index >= 15 is 0 Å². The van der Waals surface area contributed by atoms with E-state index in [1.165, 1.54) is 4.90 Å². The predicted octanol–water partition coefficient (Wildman–Crippen LogP) is 3.42. The van der Waals surface area contributed by atoms with E-state index in [2.05, 4.69) is 11.1 Å². The molecule has 90 valence electrons. The smallest absolute Gasteiger partial charge is 0.303 e. The molecule has 2 rings (SSSR count). The fourth-order valence-corrected chi connectivity index (χ4v) is 3.44. The number of para-hydroxylation sites is 1. The Hall–Kier alpha value is -0.940. The highest BCUT2D eigenvalue weighted by molar-refractivity contribution is 8.16. The number of carboxylic acids is 1. The standard InChI is InChI=1S/C12H13NO2S2/c14-12(15)6-3-7-16-11-8-17-10-5-2-1-4-9(10)13-11/h1-2,4-5H,3,6-8H2,(H,14,15). The van der Waals surface area contributed by atoms with Gasteiger partial charge in [0.15, 0.2) is 0 Å². The van der Waals surface area contributed by atoms with Gasteiger partial charge in [0.25, 0.3) is 0 Å². The van der Waals surface area contributed by atoms with Crippen LogP contribution < -0.4 is 0 Å².